The third-order valence-corrected chi connectivity index (χ3v) is 5.53. The van der Waals surface area contributed by atoms with E-state index in [4.69, 9.17) is 4.74 Å². The maximum absolute atomic E-state index is 13.3. The molecule has 1 N–H and O–H groups in total. The van der Waals surface area contributed by atoms with E-state index in [-0.39, 0.29) is 17.4 Å². The zero-order valence-electron chi connectivity index (χ0n) is 16.0. The monoisotopic (exact) mass is 376 g/mol. The Morgan fingerprint density at radius 1 is 1.11 bits per heavy atom. The number of aromatic amines is 1. The highest BCUT2D eigenvalue weighted by Gasteiger charge is 2.25. The summed E-state index contributed by atoms with van der Waals surface area (Å²) in [5.74, 6) is 1.05. The van der Waals surface area contributed by atoms with Crippen molar-refractivity contribution >= 4 is 16.8 Å². The summed E-state index contributed by atoms with van der Waals surface area (Å²) in [6.45, 7) is 1.37. The SMILES string of the molecule is COc1ccc(C2CCCCN(C(=O)c3cc(=O)[nH]c4ccccc34)C2)cc1. The fourth-order valence-corrected chi connectivity index (χ4v) is 4.03. The van der Waals surface area contributed by atoms with Gasteiger partial charge in [-0.2, -0.15) is 0 Å². The van der Waals surface area contributed by atoms with Crippen molar-refractivity contribution in [3.8, 4) is 5.75 Å². The molecule has 3 aromatic rings. The second kappa shape index (κ2) is 7.89. The molecule has 28 heavy (non-hydrogen) atoms. The number of H-pyrrole nitrogens is 1. The van der Waals surface area contributed by atoms with Crippen molar-refractivity contribution in [2.24, 2.45) is 0 Å². The molecule has 144 valence electrons. The van der Waals surface area contributed by atoms with Crippen molar-refractivity contribution in [2.75, 3.05) is 20.2 Å². The number of ether oxygens (including phenoxy) is 1. The number of amides is 1. The summed E-state index contributed by atoms with van der Waals surface area (Å²) in [7, 11) is 1.66. The van der Waals surface area contributed by atoms with Gasteiger partial charge in [0.2, 0.25) is 5.56 Å². The fraction of sp³-hybridized carbons (Fsp3) is 0.304. The van der Waals surface area contributed by atoms with Crippen LogP contribution in [0.4, 0.5) is 0 Å². The van der Waals surface area contributed by atoms with Crippen LogP contribution in [-0.4, -0.2) is 36.0 Å². The smallest absolute Gasteiger partial charge is 0.254 e. The molecule has 5 heteroatoms. The minimum Gasteiger partial charge on any atom is -0.497 e. The third-order valence-electron chi connectivity index (χ3n) is 5.53. The maximum atomic E-state index is 13.3. The molecule has 4 rings (SSSR count). The number of rotatable bonds is 3. The molecule has 1 aromatic heterocycles. The molecule has 0 spiro atoms. The first kappa shape index (κ1) is 18.3. The Bertz CT molecular complexity index is 1040. The van der Waals surface area contributed by atoms with Crippen LogP contribution in [0, 0.1) is 0 Å². The second-order valence-corrected chi connectivity index (χ2v) is 7.31. The Hall–Kier alpha value is -3.08. The molecule has 5 nitrogen and oxygen atoms in total. The van der Waals surface area contributed by atoms with Gasteiger partial charge < -0.3 is 14.6 Å². The van der Waals surface area contributed by atoms with Crippen molar-refractivity contribution in [1.82, 2.24) is 9.88 Å². The quantitative estimate of drug-likeness (QED) is 0.753. The lowest BCUT2D eigenvalue weighted by atomic mass is 9.94. The summed E-state index contributed by atoms with van der Waals surface area (Å²) in [6, 6.07) is 17.0. The summed E-state index contributed by atoms with van der Waals surface area (Å²) < 4.78 is 5.25. The van der Waals surface area contributed by atoms with E-state index in [0.29, 0.717) is 24.2 Å². The standard InChI is InChI=1S/C23H24N2O3/c1-28-18-11-9-16(10-12-18)17-6-4-5-13-25(15-17)23(27)20-14-22(26)24-21-8-3-2-7-19(20)21/h2-3,7-12,14,17H,4-6,13,15H2,1H3,(H,24,26). The number of pyridine rings is 1. The summed E-state index contributed by atoms with van der Waals surface area (Å²) in [6.07, 6.45) is 3.10. The van der Waals surface area contributed by atoms with Gasteiger partial charge in [-0.1, -0.05) is 36.8 Å². The van der Waals surface area contributed by atoms with Gasteiger partial charge in [-0.15, -0.1) is 0 Å². The van der Waals surface area contributed by atoms with Crippen molar-refractivity contribution < 1.29 is 9.53 Å². The number of nitrogens with zero attached hydrogens (tertiary/aromatic N) is 1. The molecule has 0 aliphatic carbocycles. The number of benzene rings is 2. The Morgan fingerprint density at radius 3 is 2.68 bits per heavy atom. The minimum atomic E-state index is -0.247. The van der Waals surface area contributed by atoms with Gasteiger partial charge in [0, 0.05) is 36.0 Å². The summed E-state index contributed by atoms with van der Waals surface area (Å²) in [4.78, 5) is 30.1. The maximum Gasteiger partial charge on any atom is 0.254 e. The van der Waals surface area contributed by atoms with Crippen molar-refractivity contribution in [3.05, 3.63) is 76.1 Å². The van der Waals surface area contributed by atoms with E-state index in [2.05, 4.69) is 17.1 Å². The van der Waals surface area contributed by atoms with E-state index in [1.54, 1.807) is 7.11 Å². The zero-order valence-corrected chi connectivity index (χ0v) is 16.0. The topological polar surface area (TPSA) is 62.4 Å². The number of carbonyl (C=O) groups is 1. The Morgan fingerprint density at radius 2 is 1.89 bits per heavy atom. The first-order chi connectivity index (χ1) is 13.7. The molecular formula is C23H24N2O3. The summed E-state index contributed by atoms with van der Waals surface area (Å²) in [5.41, 5.74) is 2.15. The number of hydrogen-bond donors (Lipinski definition) is 1. The van der Waals surface area contributed by atoms with Gasteiger partial charge in [0.1, 0.15) is 5.75 Å². The molecule has 1 unspecified atom stereocenters. The van der Waals surface area contributed by atoms with Gasteiger partial charge in [0.05, 0.1) is 12.7 Å². The predicted octanol–water partition coefficient (Wildman–Crippen LogP) is 3.95. The van der Waals surface area contributed by atoms with Crippen LogP contribution in [0.1, 0.15) is 41.1 Å². The van der Waals surface area contributed by atoms with E-state index in [9.17, 15) is 9.59 Å². The number of para-hydroxylation sites is 1. The molecule has 1 fully saturated rings. The zero-order chi connectivity index (χ0) is 19.5. The fourth-order valence-electron chi connectivity index (χ4n) is 4.03. The largest absolute Gasteiger partial charge is 0.497 e. The van der Waals surface area contributed by atoms with Gasteiger partial charge in [-0.25, -0.2) is 0 Å². The number of likely N-dealkylation sites (tertiary alicyclic amines) is 1. The highest BCUT2D eigenvalue weighted by Crippen LogP contribution is 2.29. The predicted molar refractivity (Wildman–Crippen MR) is 110 cm³/mol. The van der Waals surface area contributed by atoms with Crippen LogP contribution >= 0.6 is 0 Å². The number of nitrogens with one attached hydrogen (secondary N) is 1. The molecule has 1 aliphatic rings. The van der Waals surface area contributed by atoms with Crippen LogP contribution in [0.3, 0.4) is 0 Å². The second-order valence-electron chi connectivity index (χ2n) is 7.31. The average Bonchev–Trinajstić information content (AvgIpc) is 2.99. The molecule has 2 aromatic carbocycles. The molecule has 0 bridgehead atoms. The number of fused-ring (bicyclic) bond motifs is 1. The first-order valence-electron chi connectivity index (χ1n) is 9.71. The van der Waals surface area contributed by atoms with Crippen molar-refractivity contribution in [2.45, 2.75) is 25.2 Å². The van der Waals surface area contributed by atoms with Crippen molar-refractivity contribution in [3.63, 3.8) is 0 Å². The summed E-state index contributed by atoms with van der Waals surface area (Å²) in [5, 5.41) is 0.789. The van der Waals surface area contributed by atoms with Gasteiger partial charge >= 0.3 is 0 Å². The van der Waals surface area contributed by atoms with Crippen LogP contribution in [0.25, 0.3) is 10.9 Å². The highest BCUT2D eigenvalue weighted by molar-refractivity contribution is 6.06. The molecule has 1 saturated heterocycles. The Labute approximate surface area is 163 Å². The van der Waals surface area contributed by atoms with Gasteiger partial charge in [-0.05, 0) is 36.6 Å². The Kier molecular flexibility index (Phi) is 5.15. The number of aromatic nitrogens is 1. The lowest BCUT2D eigenvalue weighted by Crippen LogP contribution is -2.34. The van der Waals surface area contributed by atoms with Crippen molar-refractivity contribution in [1.29, 1.82) is 0 Å². The molecule has 1 aliphatic heterocycles. The lowest BCUT2D eigenvalue weighted by Gasteiger charge is -2.25. The Balaban J connectivity index is 1.64. The lowest BCUT2D eigenvalue weighted by molar-refractivity contribution is 0.0756. The van der Waals surface area contributed by atoms with Gasteiger partial charge in [0.25, 0.3) is 5.91 Å². The van der Waals surface area contributed by atoms with Crippen LogP contribution in [0.15, 0.2) is 59.4 Å². The molecular weight excluding hydrogens is 352 g/mol. The first-order valence-corrected chi connectivity index (χ1v) is 9.71. The van der Waals surface area contributed by atoms with E-state index in [1.165, 1.54) is 11.6 Å². The summed E-state index contributed by atoms with van der Waals surface area (Å²) >= 11 is 0. The van der Waals surface area contributed by atoms with Crippen LogP contribution in [0.5, 0.6) is 5.75 Å². The molecule has 2 heterocycles. The molecule has 1 amide bonds. The number of hydrogen-bond acceptors (Lipinski definition) is 3. The van der Waals surface area contributed by atoms with E-state index in [0.717, 1.165) is 30.4 Å². The third kappa shape index (κ3) is 3.65. The number of methoxy groups -OCH3 is 1. The average molecular weight is 376 g/mol. The van der Waals surface area contributed by atoms with Crippen LogP contribution in [-0.2, 0) is 0 Å². The van der Waals surface area contributed by atoms with Crippen LogP contribution in [0.2, 0.25) is 0 Å². The minimum absolute atomic E-state index is 0.0669. The highest BCUT2D eigenvalue weighted by atomic mass is 16.5. The number of carbonyl (C=O) groups excluding carboxylic acids is 1. The molecule has 0 radical (unpaired) electrons. The van der Waals surface area contributed by atoms with E-state index >= 15 is 0 Å². The molecule has 0 saturated carbocycles. The van der Waals surface area contributed by atoms with E-state index < -0.39 is 0 Å². The van der Waals surface area contributed by atoms with E-state index in [1.807, 2.05) is 41.3 Å². The normalized spacial score (nSPS) is 17.3. The van der Waals surface area contributed by atoms with Crippen LogP contribution < -0.4 is 10.3 Å². The molecule has 1 atom stereocenters. The van der Waals surface area contributed by atoms with Gasteiger partial charge in [-0.3, -0.25) is 9.59 Å². The van der Waals surface area contributed by atoms with Gasteiger partial charge in [0.15, 0.2) is 0 Å².